The van der Waals surface area contributed by atoms with E-state index in [1.165, 1.54) is 35.5 Å². The van der Waals surface area contributed by atoms with Crippen LogP contribution in [0.15, 0.2) is 52.2 Å². The highest BCUT2D eigenvalue weighted by Crippen LogP contribution is 2.36. The first-order chi connectivity index (χ1) is 18.6. The molecule has 204 valence electrons. The number of nitrogens with one attached hydrogen (secondary N) is 2. The molecule has 0 amide bonds. The van der Waals surface area contributed by atoms with E-state index < -0.39 is 22.1 Å². The second-order valence-electron chi connectivity index (χ2n) is 9.84. The number of nitrogens with zero attached hydrogens (tertiary/aromatic N) is 1. The number of methoxy groups -OCH3 is 1. The van der Waals surface area contributed by atoms with E-state index in [1.807, 2.05) is 0 Å². The van der Waals surface area contributed by atoms with Crippen LogP contribution in [0.3, 0.4) is 0 Å². The van der Waals surface area contributed by atoms with Gasteiger partial charge in [-0.3, -0.25) is 9.52 Å². The van der Waals surface area contributed by atoms with Gasteiger partial charge in [0.1, 0.15) is 10.6 Å². The van der Waals surface area contributed by atoms with E-state index in [2.05, 4.69) is 21.6 Å². The third-order valence-corrected chi connectivity index (χ3v) is 9.58. The molecule has 39 heavy (non-hydrogen) atoms. The Hall–Kier alpha value is -3.70. The standard InChI is InChI=1S/C28H29N3O6S2/c1-15-5-12-21-22(13-15)38-27-24(21)26(32)29-25(30-27)17(3)37-28(33)18-7-6-16(2)23(14-18)39(34,35)31-19-8-10-20(36-4)11-9-19/h6-11,14-15,17,31H,5,12-13H2,1-4H3,(H,29,30,32)/t15-,17-/m0/s1. The quantitative estimate of drug-likeness (QED) is 0.296. The lowest BCUT2D eigenvalue weighted by molar-refractivity contribution is 0.0319. The molecule has 0 spiro atoms. The molecule has 2 aromatic heterocycles. The Balaban J connectivity index is 1.37. The topological polar surface area (TPSA) is 127 Å². The van der Waals surface area contributed by atoms with Gasteiger partial charge in [-0.2, -0.15) is 0 Å². The molecule has 5 rings (SSSR count). The van der Waals surface area contributed by atoms with Gasteiger partial charge in [0, 0.05) is 10.6 Å². The Kier molecular flexibility index (Phi) is 7.21. The number of H-pyrrole nitrogens is 1. The van der Waals surface area contributed by atoms with Gasteiger partial charge in [0.05, 0.1) is 23.0 Å². The van der Waals surface area contributed by atoms with Crippen LogP contribution in [0.2, 0.25) is 0 Å². The van der Waals surface area contributed by atoms with Gasteiger partial charge in [0.25, 0.3) is 15.6 Å². The maximum atomic E-state index is 13.1. The lowest BCUT2D eigenvalue weighted by Gasteiger charge is -2.17. The number of aryl methyl sites for hydroxylation is 2. The molecule has 1 aliphatic carbocycles. The lowest BCUT2D eigenvalue weighted by Crippen LogP contribution is -2.19. The summed E-state index contributed by atoms with van der Waals surface area (Å²) >= 11 is 1.52. The number of ether oxygens (including phenoxy) is 2. The Bertz CT molecular complexity index is 1720. The fraction of sp³-hybridized carbons (Fsp3) is 0.321. The second kappa shape index (κ2) is 10.5. The van der Waals surface area contributed by atoms with Gasteiger partial charge in [-0.15, -0.1) is 11.3 Å². The van der Waals surface area contributed by atoms with Gasteiger partial charge in [-0.1, -0.05) is 13.0 Å². The van der Waals surface area contributed by atoms with Crippen LogP contribution in [0.4, 0.5) is 5.69 Å². The molecule has 1 aliphatic rings. The second-order valence-corrected chi connectivity index (χ2v) is 12.6. The fourth-order valence-corrected chi connectivity index (χ4v) is 7.45. The molecule has 0 unspecified atom stereocenters. The molecular formula is C28H29N3O6S2. The minimum atomic E-state index is -3.99. The van der Waals surface area contributed by atoms with Crippen molar-refractivity contribution in [3.63, 3.8) is 0 Å². The zero-order valence-electron chi connectivity index (χ0n) is 22.0. The summed E-state index contributed by atoms with van der Waals surface area (Å²) in [7, 11) is -2.47. The summed E-state index contributed by atoms with van der Waals surface area (Å²) < 4.78 is 39.5. The highest BCUT2D eigenvalue weighted by molar-refractivity contribution is 7.92. The van der Waals surface area contributed by atoms with Crippen molar-refractivity contribution in [2.24, 2.45) is 5.92 Å². The van der Waals surface area contributed by atoms with Crippen molar-refractivity contribution in [1.29, 1.82) is 0 Å². The molecule has 2 N–H and O–H groups in total. The van der Waals surface area contributed by atoms with E-state index in [9.17, 15) is 18.0 Å². The Morgan fingerprint density at radius 2 is 1.95 bits per heavy atom. The van der Waals surface area contributed by atoms with Crippen molar-refractivity contribution in [2.75, 3.05) is 11.8 Å². The summed E-state index contributed by atoms with van der Waals surface area (Å²) in [4.78, 5) is 35.1. The van der Waals surface area contributed by atoms with E-state index in [4.69, 9.17) is 9.47 Å². The van der Waals surface area contributed by atoms with Gasteiger partial charge in [-0.05, 0) is 86.6 Å². The molecule has 9 nitrogen and oxygen atoms in total. The molecule has 11 heteroatoms. The largest absolute Gasteiger partial charge is 0.497 e. The SMILES string of the molecule is COc1ccc(NS(=O)(=O)c2cc(C(=O)O[C@@H](C)c3nc4sc5c(c4c(=O)[nH]3)CC[C@H](C)C5)ccc2C)cc1. The van der Waals surface area contributed by atoms with E-state index >= 15 is 0 Å². The zero-order chi connectivity index (χ0) is 27.9. The van der Waals surface area contributed by atoms with Crippen molar-refractivity contribution in [2.45, 2.75) is 51.0 Å². The van der Waals surface area contributed by atoms with E-state index in [-0.39, 0.29) is 21.8 Å². The van der Waals surface area contributed by atoms with Gasteiger partial charge in [0.2, 0.25) is 0 Å². The molecule has 4 aromatic rings. The monoisotopic (exact) mass is 567 g/mol. The Morgan fingerprint density at radius 1 is 1.21 bits per heavy atom. The number of hydrogen-bond donors (Lipinski definition) is 2. The number of aromatic nitrogens is 2. The Labute approximate surface area is 230 Å². The molecule has 0 fully saturated rings. The van der Waals surface area contributed by atoms with Crippen LogP contribution in [0.1, 0.15) is 58.6 Å². The molecule has 2 atom stereocenters. The molecule has 0 saturated carbocycles. The number of anilines is 1. The van der Waals surface area contributed by atoms with Crippen LogP contribution in [0.5, 0.6) is 5.75 Å². The number of benzene rings is 2. The lowest BCUT2D eigenvalue weighted by atomic mass is 9.89. The predicted octanol–water partition coefficient (Wildman–Crippen LogP) is 5.15. The first-order valence-corrected chi connectivity index (χ1v) is 14.9. The van der Waals surface area contributed by atoms with Crippen molar-refractivity contribution in [3.8, 4) is 5.75 Å². The van der Waals surface area contributed by atoms with Crippen molar-refractivity contribution in [3.05, 3.63) is 80.2 Å². The molecule has 0 saturated heterocycles. The van der Waals surface area contributed by atoms with Crippen LogP contribution in [-0.2, 0) is 27.6 Å². The van der Waals surface area contributed by atoms with Crippen LogP contribution in [0.25, 0.3) is 10.2 Å². The summed E-state index contributed by atoms with van der Waals surface area (Å²) in [6, 6.07) is 10.8. The minimum Gasteiger partial charge on any atom is -0.497 e. The maximum absolute atomic E-state index is 13.1. The smallest absolute Gasteiger partial charge is 0.338 e. The van der Waals surface area contributed by atoms with Crippen molar-refractivity contribution < 1.29 is 22.7 Å². The first-order valence-electron chi connectivity index (χ1n) is 12.6. The number of carbonyl (C=O) groups is 1. The highest BCUT2D eigenvalue weighted by Gasteiger charge is 2.25. The number of aromatic amines is 1. The van der Waals surface area contributed by atoms with Crippen molar-refractivity contribution >= 4 is 43.2 Å². The molecule has 0 aliphatic heterocycles. The highest BCUT2D eigenvalue weighted by atomic mass is 32.2. The minimum absolute atomic E-state index is 0.0493. The summed E-state index contributed by atoms with van der Waals surface area (Å²) in [5.41, 5.74) is 1.72. The Morgan fingerprint density at radius 3 is 2.67 bits per heavy atom. The number of rotatable bonds is 7. The average Bonchev–Trinajstić information content (AvgIpc) is 3.26. The number of hydrogen-bond acceptors (Lipinski definition) is 8. The molecular weight excluding hydrogens is 538 g/mol. The number of esters is 1. The van der Waals surface area contributed by atoms with Gasteiger partial charge >= 0.3 is 5.97 Å². The van der Waals surface area contributed by atoms with Crippen LogP contribution in [-0.4, -0.2) is 31.5 Å². The average molecular weight is 568 g/mol. The summed E-state index contributed by atoms with van der Waals surface area (Å²) in [6.07, 6.45) is 1.97. The first kappa shape index (κ1) is 26.9. The predicted molar refractivity (Wildman–Crippen MR) is 150 cm³/mol. The number of fused-ring (bicyclic) bond motifs is 3. The third-order valence-electron chi connectivity index (χ3n) is 6.91. The molecule has 0 bridgehead atoms. The molecule has 2 aromatic carbocycles. The molecule has 2 heterocycles. The van der Waals surface area contributed by atoms with E-state index in [0.717, 1.165) is 24.8 Å². The van der Waals surface area contributed by atoms with Crippen LogP contribution >= 0.6 is 11.3 Å². The molecule has 0 radical (unpaired) electrons. The van der Waals surface area contributed by atoms with Crippen LogP contribution < -0.4 is 15.0 Å². The van der Waals surface area contributed by atoms with E-state index in [0.29, 0.717) is 33.1 Å². The zero-order valence-corrected chi connectivity index (χ0v) is 23.7. The van der Waals surface area contributed by atoms with Gasteiger partial charge < -0.3 is 14.5 Å². The number of sulfonamides is 1. The van der Waals surface area contributed by atoms with Crippen LogP contribution in [0, 0.1) is 12.8 Å². The van der Waals surface area contributed by atoms with Gasteiger partial charge in [-0.25, -0.2) is 18.2 Å². The van der Waals surface area contributed by atoms with Gasteiger partial charge in [0.15, 0.2) is 11.9 Å². The number of carbonyl (C=O) groups excluding carboxylic acids is 1. The maximum Gasteiger partial charge on any atom is 0.338 e. The summed E-state index contributed by atoms with van der Waals surface area (Å²) in [5.74, 6) is 0.675. The summed E-state index contributed by atoms with van der Waals surface area (Å²) in [6.45, 7) is 5.47. The summed E-state index contributed by atoms with van der Waals surface area (Å²) in [5, 5.41) is 0.627. The fourth-order valence-electron chi connectivity index (χ4n) is 4.73. The van der Waals surface area contributed by atoms with E-state index in [1.54, 1.807) is 44.2 Å². The third kappa shape index (κ3) is 5.41. The number of thiophene rings is 1. The normalized spacial score (nSPS) is 15.9. The van der Waals surface area contributed by atoms with Crippen molar-refractivity contribution in [1.82, 2.24) is 9.97 Å².